The highest BCUT2D eigenvalue weighted by Gasteiger charge is 2.37. The van der Waals surface area contributed by atoms with Gasteiger partial charge in [-0.15, -0.1) is 0 Å². The number of allylic oxidation sites excluding steroid dienone is 8. The smallest absolute Gasteiger partial charge is 0.360 e. The Morgan fingerprint density at radius 3 is 1.98 bits per heavy atom. The molecule has 0 saturated carbocycles. The van der Waals surface area contributed by atoms with Gasteiger partial charge in [-0.25, -0.2) is 4.42 Å². The largest absolute Gasteiger partial charge is 0.456 e. The first-order valence-corrected chi connectivity index (χ1v) is 18.5. The van der Waals surface area contributed by atoms with Gasteiger partial charge >= 0.3 is 11.5 Å². The topological polar surface area (TPSA) is 20.5 Å². The molecule has 1 aromatic heterocycles. The van der Waals surface area contributed by atoms with Crippen molar-refractivity contribution in [2.75, 3.05) is 0 Å². The molecule has 8 rings (SSSR count). The van der Waals surface area contributed by atoms with Gasteiger partial charge in [0.2, 0.25) is 0 Å². The molecule has 3 atom stereocenters. The molecule has 3 aliphatic rings. The monoisotopic (exact) mass is 665 g/mol. The third-order valence-corrected chi connectivity index (χ3v) is 10.5. The summed E-state index contributed by atoms with van der Waals surface area (Å²) in [5, 5.41) is 0. The van der Waals surface area contributed by atoms with Crippen molar-refractivity contribution in [3.05, 3.63) is 197 Å². The van der Waals surface area contributed by atoms with Gasteiger partial charge in [-0.05, 0) is 84.4 Å². The Balaban J connectivity index is 1.10. The van der Waals surface area contributed by atoms with Crippen molar-refractivity contribution >= 4 is 11.3 Å². The fraction of sp³-hybridized carbons (Fsp3) is 0.204. The number of fused-ring (bicyclic) bond motifs is 2. The summed E-state index contributed by atoms with van der Waals surface area (Å²) in [6, 6.07) is 44.8. The molecule has 51 heavy (non-hydrogen) atoms. The Morgan fingerprint density at radius 2 is 1.29 bits per heavy atom. The van der Waals surface area contributed by atoms with Gasteiger partial charge in [0.1, 0.15) is 11.5 Å². The van der Waals surface area contributed by atoms with E-state index in [0.717, 1.165) is 66.3 Å². The summed E-state index contributed by atoms with van der Waals surface area (Å²) in [4.78, 5) is 0. The zero-order valence-corrected chi connectivity index (χ0v) is 29.6. The molecule has 0 spiro atoms. The van der Waals surface area contributed by atoms with E-state index in [-0.39, 0.29) is 0 Å². The molecule has 4 aromatic carbocycles. The van der Waals surface area contributed by atoms with Crippen LogP contribution in [0, 0.1) is 11.8 Å². The van der Waals surface area contributed by atoms with E-state index >= 15 is 0 Å². The lowest BCUT2D eigenvalue weighted by molar-refractivity contribution is 0.355. The predicted octanol–water partition coefficient (Wildman–Crippen LogP) is 13.3. The van der Waals surface area contributed by atoms with Crippen molar-refractivity contribution in [1.82, 2.24) is 0 Å². The summed E-state index contributed by atoms with van der Waals surface area (Å²) in [5.41, 5.74) is 11.2. The Morgan fingerprint density at radius 1 is 0.667 bits per heavy atom. The predicted molar refractivity (Wildman–Crippen MR) is 211 cm³/mol. The molecule has 2 heteroatoms. The minimum Gasteiger partial charge on any atom is -0.456 e. The maximum absolute atomic E-state index is 6.84. The first-order chi connectivity index (χ1) is 25.1. The van der Waals surface area contributed by atoms with Crippen LogP contribution in [0.2, 0.25) is 0 Å². The fourth-order valence-electron chi connectivity index (χ4n) is 8.10. The van der Waals surface area contributed by atoms with Crippen molar-refractivity contribution < 1.29 is 9.15 Å². The number of rotatable bonds is 8. The second-order valence-electron chi connectivity index (χ2n) is 14.5. The van der Waals surface area contributed by atoms with Gasteiger partial charge < -0.3 is 4.74 Å². The number of hydrogen-bond donors (Lipinski definition) is 0. The van der Waals surface area contributed by atoms with Crippen LogP contribution < -0.4 is 0 Å². The van der Waals surface area contributed by atoms with Crippen LogP contribution in [0.4, 0.5) is 0 Å². The molecule has 0 fully saturated rings. The van der Waals surface area contributed by atoms with E-state index < -0.39 is 0 Å². The van der Waals surface area contributed by atoms with E-state index in [1.54, 1.807) is 0 Å². The van der Waals surface area contributed by atoms with Crippen molar-refractivity contribution in [1.29, 1.82) is 0 Å². The van der Waals surface area contributed by atoms with Gasteiger partial charge in [0.15, 0.2) is 0 Å². The third-order valence-electron chi connectivity index (χ3n) is 10.5. The molecule has 2 aliphatic carbocycles. The maximum Gasteiger partial charge on any atom is 0.360 e. The van der Waals surface area contributed by atoms with Gasteiger partial charge in [0, 0.05) is 16.7 Å². The van der Waals surface area contributed by atoms with Crippen LogP contribution in [0.1, 0.15) is 67.9 Å². The molecular weight excluding hydrogens is 621 g/mol. The van der Waals surface area contributed by atoms with E-state index in [1.165, 1.54) is 39.0 Å². The molecule has 0 radical (unpaired) electrons. The molecule has 252 valence electrons. The summed E-state index contributed by atoms with van der Waals surface area (Å²) in [6.07, 6.45) is 16.4. The lowest BCUT2D eigenvalue weighted by atomic mass is 9.77. The molecule has 0 bridgehead atoms. The Bertz CT molecular complexity index is 2150. The third kappa shape index (κ3) is 7.10. The summed E-state index contributed by atoms with van der Waals surface area (Å²) in [6.45, 7) is 4.74. The first-order valence-electron chi connectivity index (χ1n) is 18.5. The Kier molecular flexibility index (Phi) is 9.49. The van der Waals surface area contributed by atoms with Gasteiger partial charge in [-0.3, -0.25) is 0 Å². The zero-order valence-electron chi connectivity index (χ0n) is 29.6. The van der Waals surface area contributed by atoms with Crippen LogP contribution in [0.5, 0.6) is 0 Å². The molecule has 0 N–H and O–H groups in total. The first kappa shape index (κ1) is 32.7. The lowest BCUT2D eigenvalue weighted by Gasteiger charge is -2.32. The molecule has 5 aromatic rings. The second-order valence-corrected chi connectivity index (χ2v) is 14.5. The molecule has 1 aliphatic heterocycles. The fourth-order valence-corrected chi connectivity index (χ4v) is 8.10. The zero-order chi connectivity index (χ0) is 34.6. The van der Waals surface area contributed by atoms with Crippen molar-refractivity contribution in [3.63, 3.8) is 0 Å². The highest BCUT2D eigenvalue weighted by Crippen LogP contribution is 2.46. The maximum atomic E-state index is 6.84. The van der Waals surface area contributed by atoms with Crippen molar-refractivity contribution in [3.8, 4) is 22.5 Å². The van der Waals surface area contributed by atoms with Gasteiger partial charge in [-0.2, -0.15) is 0 Å². The number of hydrogen-bond acceptors (Lipinski definition) is 1. The summed E-state index contributed by atoms with van der Waals surface area (Å²) in [5.74, 6) is 5.44. The molecular formula is C49H45O2+. The average Bonchev–Trinajstić information content (AvgIpc) is 3.18. The quantitative estimate of drug-likeness (QED) is 0.121. The minimum atomic E-state index is 0.319. The molecule has 3 unspecified atom stereocenters. The normalized spacial score (nSPS) is 20.3. The summed E-state index contributed by atoms with van der Waals surface area (Å²) < 4.78 is 13.6. The van der Waals surface area contributed by atoms with Crippen molar-refractivity contribution in [2.45, 2.75) is 51.9 Å². The molecule has 2 nitrogen and oxygen atoms in total. The molecule has 2 heterocycles. The van der Waals surface area contributed by atoms with Crippen LogP contribution in [0.25, 0.3) is 33.8 Å². The summed E-state index contributed by atoms with van der Waals surface area (Å²) in [7, 11) is 0. The minimum absolute atomic E-state index is 0.319. The number of benzene rings is 4. The Labute approximate surface area is 302 Å². The van der Waals surface area contributed by atoms with Crippen molar-refractivity contribution in [2.24, 2.45) is 11.8 Å². The van der Waals surface area contributed by atoms with Crippen LogP contribution in [-0.4, -0.2) is 0 Å². The Hall–Kier alpha value is -5.47. The lowest BCUT2D eigenvalue weighted by Crippen LogP contribution is -2.17. The van der Waals surface area contributed by atoms with E-state index in [2.05, 4.69) is 172 Å². The van der Waals surface area contributed by atoms with E-state index in [9.17, 15) is 0 Å². The van der Waals surface area contributed by atoms with Crippen LogP contribution in [0.3, 0.4) is 0 Å². The van der Waals surface area contributed by atoms with Gasteiger partial charge in [-0.1, -0.05) is 147 Å². The standard InChI is InChI=1S/C49H45O2/c1-34-28-40(48-44(30-34)42(36-18-8-3-9-19-36)32-46(50-48)38-22-12-5-13-23-38)26-16-7-17-27-41-29-35(2)31-45-43(37-20-10-4-11-21-37)33-47(51-49(41)45)39-24-14-6-15-25-39/h3-26,32-35,41H,27-31H2,1-2H3/q+1/b17-7+,26-16-. The van der Waals surface area contributed by atoms with Crippen LogP contribution >= 0.6 is 0 Å². The second kappa shape index (κ2) is 14.8. The average molecular weight is 666 g/mol. The van der Waals surface area contributed by atoms with Gasteiger partial charge in [0.05, 0.1) is 23.1 Å². The van der Waals surface area contributed by atoms with Crippen LogP contribution in [-0.2, 0) is 11.2 Å². The van der Waals surface area contributed by atoms with Gasteiger partial charge in [0.25, 0.3) is 0 Å². The number of ether oxygens (including phenoxy) is 1. The van der Waals surface area contributed by atoms with E-state index in [1.807, 2.05) is 0 Å². The molecule has 0 saturated heterocycles. The van der Waals surface area contributed by atoms with Crippen LogP contribution in [0.15, 0.2) is 179 Å². The van der Waals surface area contributed by atoms with E-state index in [0.29, 0.717) is 17.8 Å². The SMILES string of the molecule is CC1CC(/C=C\C=C\CC2CC(C)Cc3c(-c4ccccc4)cc(-c4ccccc4)[o+]c32)=C2OC(c3ccccc3)=CC(c3ccccc3)=C2C1. The highest BCUT2D eigenvalue weighted by atomic mass is 16.5. The van der Waals surface area contributed by atoms with E-state index in [4.69, 9.17) is 9.15 Å². The highest BCUT2D eigenvalue weighted by molar-refractivity contribution is 5.88. The summed E-state index contributed by atoms with van der Waals surface area (Å²) >= 11 is 0. The molecule has 0 amide bonds.